The van der Waals surface area contributed by atoms with E-state index in [1.165, 1.54) is 4.57 Å². The number of nitrogen functional groups attached to an aromatic ring is 1. The molecule has 0 aliphatic carbocycles. The molecule has 1 aliphatic heterocycles. The molecule has 0 unspecified atom stereocenters. The fourth-order valence-corrected chi connectivity index (χ4v) is 3.48. The number of nitrogens with one attached hydrogen (secondary N) is 1. The molecule has 132 valence electrons. The zero-order valence-electron chi connectivity index (χ0n) is 14.4. The van der Waals surface area contributed by atoms with Crippen molar-refractivity contribution in [3.05, 3.63) is 51.6 Å². The molecule has 8 heteroatoms. The van der Waals surface area contributed by atoms with E-state index in [1.54, 1.807) is 12.1 Å². The van der Waals surface area contributed by atoms with Gasteiger partial charge in [0.1, 0.15) is 11.6 Å². The summed E-state index contributed by atoms with van der Waals surface area (Å²) in [5.74, 6) is -0.300. The van der Waals surface area contributed by atoms with Crippen LogP contribution in [0, 0.1) is 0 Å². The molecule has 0 saturated carbocycles. The Labute approximate surface area is 148 Å². The van der Waals surface area contributed by atoms with Crippen LogP contribution < -0.4 is 16.6 Å². The Kier molecular flexibility index (Phi) is 3.43. The lowest BCUT2D eigenvalue weighted by molar-refractivity contribution is 0.0880. The zero-order valence-corrected chi connectivity index (χ0v) is 14.4. The van der Waals surface area contributed by atoms with Gasteiger partial charge in [-0.05, 0) is 25.1 Å². The van der Waals surface area contributed by atoms with E-state index in [-0.39, 0.29) is 16.9 Å². The highest BCUT2D eigenvalue weighted by Gasteiger charge is 2.31. The van der Waals surface area contributed by atoms with E-state index in [0.29, 0.717) is 5.69 Å². The molecule has 2 aromatic heterocycles. The summed E-state index contributed by atoms with van der Waals surface area (Å²) in [6.07, 6.45) is 0.793. The van der Waals surface area contributed by atoms with Crippen molar-refractivity contribution < 1.29 is 9.59 Å². The molecule has 3 heterocycles. The van der Waals surface area contributed by atoms with Gasteiger partial charge in [-0.15, -0.1) is 0 Å². The van der Waals surface area contributed by atoms with Crippen LogP contribution in [0.15, 0.2) is 29.1 Å². The monoisotopic (exact) mass is 351 g/mol. The van der Waals surface area contributed by atoms with E-state index >= 15 is 0 Å². The van der Waals surface area contributed by atoms with Gasteiger partial charge in [0.25, 0.3) is 17.4 Å². The molecule has 8 nitrogen and oxygen atoms in total. The maximum Gasteiger partial charge on any atom is 0.262 e. The van der Waals surface area contributed by atoms with Gasteiger partial charge < -0.3 is 10.3 Å². The molecular formula is C18H17N5O3. The molecule has 0 saturated heterocycles. The molecule has 3 N–H and O–H groups in total. The number of imidazole rings is 1. The lowest BCUT2D eigenvalue weighted by Gasteiger charge is -2.12. The number of fused-ring (bicyclic) bond motifs is 2. The second kappa shape index (κ2) is 5.55. The molecule has 0 spiro atoms. The number of carbonyl (C=O) groups is 2. The van der Waals surface area contributed by atoms with E-state index in [9.17, 15) is 14.4 Å². The van der Waals surface area contributed by atoms with Crippen LogP contribution in [0.25, 0.3) is 16.7 Å². The Hall–Kier alpha value is -3.42. The van der Waals surface area contributed by atoms with Gasteiger partial charge in [0.15, 0.2) is 0 Å². The zero-order chi connectivity index (χ0) is 18.6. The lowest BCUT2D eigenvalue weighted by Crippen LogP contribution is -2.24. The number of nitrogens with zero attached hydrogens (tertiary/aromatic N) is 3. The molecule has 1 aromatic carbocycles. The minimum absolute atomic E-state index is 0.0124. The summed E-state index contributed by atoms with van der Waals surface area (Å²) in [4.78, 5) is 40.9. The van der Waals surface area contributed by atoms with Crippen LogP contribution in [0.2, 0.25) is 0 Å². The largest absolute Gasteiger partial charge is 0.384 e. The summed E-state index contributed by atoms with van der Waals surface area (Å²) >= 11 is 0. The first-order chi connectivity index (χ1) is 12.5. The maximum atomic E-state index is 12.5. The van der Waals surface area contributed by atoms with Gasteiger partial charge in [-0.2, -0.15) is 0 Å². The average Bonchev–Trinajstić information content (AvgIpc) is 3.11. The van der Waals surface area contributed by atoms with E-state index in [1.807, 2.05) is 19.9 Å². The van der Waals surface area contributed by atoms with Gasteiger partial charge in [0.05, 0.1) is 27.8 Å². The number of rotatable bonds is 3. The Bertz CT molecular complexity index is 1160. The molecule has 2 amide bonds. The van der Waals surface area contributed by atoms with Gasteiger partial charge >= 0.3 is 0 Å². The second-order valence-corrected chi connectivity index (χ2v) is 6.07. The maximum absolute atomic E-state index is 12.5. The van der Waals surface area contributed by atoms with E-state index in [0.717, 1.165) is 35.9 Å². The quantitative estimate of drug-likeness (QED) is 0.690. The Morgan fingerprint density at radius 3 is 2.58 bits per heavy atom. The molecule has 0 radical (unpaired) electrons. The first kappa shape index (κ1) is 16.1. The SMILES string of the molecule is CCc1nc2cc(-n3c(N)c4c(cc3=O)C(=O)NC4=O)ccc2n1CC. The number of aryl methyl sites for hydroxylation is 2. The molecule has 0 atom stereocenters. The van der Waals surface area contributed by atoms with Crippen molar-refractivity contribution in [1.82, 2.24) is 19.4 Å². The predicted octanol–water partition coefficient (Wildman–Crippen LogP) is 1.24. The molecule has 1 aliphatic rings. The lowest BCUT2D eigenvalue weighted by atomic mass is 10.1. The fourth-order valence-electron chi connectivity index (χ4n) is 3.48. The summed E-state index contributed by atoms with van der Waals surface area (Å²) < 4.78 is 3.34. The number of benzene rings is 1. The van der Waals surface area contributed by atoms with Gasteiger partial charge in [-0.25, -0.2) is 4.98 Å². The Morgan fingerprint density at radius 1 is 1.12 bits per heavy atom. The number of pyridine rings is 1. The van der Waals surface area contributed by atoms with Crippen LogP contribution in [-0.2, 0) is 13.0 Å². The molecule has 3 aromatic rings. The van der Waals surface area contributed by atoms with Crippen molar-refractivity contribution in [3.8, 4) is 5.69 Å². The standard InChI is InChI=1S/C18H17N5O3/c1-3-13-20-11-7-9(5-6-12(11)22(13)4-2)23-14(24)8-10-15(16(23)19)18(26)21-17(10)25/h5-8H,3-4,19H2,1-2H3,(H,21,25,26). The van der Waals surface area contributed by atoms with Crippen molar-refractivity contribution in [3.63, 3.8) is 0 Å². The van der Waals surface area contributed by atoms with Crippen molar-refractivity contribution in [2.45, 2.75) is 26.8 Å². The van der Waals surface area contributed by atoms with Crippen LogP contribution in [0.3, 0.4) is 0 Å². The van der Waals surface area contributed by atoms with Gasteiger partial charge in [0.2, 0.25) is 0 Å². The summed E-state index contributed by atoms with van der Waals surface area (Å²) in [7, 11) is 0. The van der Waals surface area contributed by atoms with E-state index in [2.05, 4.69) is 14.9 Å². The van der Waals surface area contributed by atoms with Crippen molar-refractivity contribution in [2.75, 3.05) is 5.73 Å². The summed E-state index contributed by atoms with van der Waals surface area (Å²) in [6.45, 7) is 4.88. The Balaban J connectivity index is 1.97. The smallest absolute Gasteiger partial charge is 0.262 e. The Morgan fingerprint density at radius 2 is 1.88 bits per heavy atom. The number of hydrogen-bond acceptors (Lipinski definition) is 5. The van der Waals surface area contributed by atoms with Crippen LogP contribution in [0.5, 0.6) is 0 Å². The predicted molar refractivity (Wildman–Crippen MR) is 96.6 cm³/mol. The number of anilines is 1. The highest BCUT2D eigenvalue weighted by Crippen LogP contribution is 2.25. The summed E-state index contributed by atoms with van der Waals surface area (Å²) in [5, 5.41) is 2.16. The van der Waals surface area contributed by atoms with Crippen LogP contribution in [0.4, 0.5) is 5.82 Å². The van der Waals surface area contributed by atoms with E-state index in [4.69, 9.17) is 5.73 Å². The van der Waals surface area contributed by atoms with E-state index < -0.39 is 17.4 Å². The molecule has 0 fully saturated rings. The number of nitrogens with two attached hydrogens (primary N) is 1. The number of imide groups is 1. The number of hydrogen-bond donors (Lipinski definition) is 2. The fraction of sp³-hybridized carbons (Fsp3) is 0.222. The van der Waals surface area contributed by atoms with Crippen molar-refractivity contribution in [2.24, 2.45) is 0 Å². The summed E-state index contributed by atoms with van der Waals surface area (Å²) in [6, 6.07) is 6.54. The molecule has 4 rings (SSSR count). The first-order valence-electron chi connectivity index (χ1n) is 8.37. The third-order valence-electron chi connectivity index (χ3n) is 4.65. The molecule has 26 heavy (non-hydrogen) atoms. The minimum Gasteiger partial charge on any atom is -0.384 e. The van der Waals surface area contributed by atoms with Gasteiger partial charge in [-0.1, -0.05) is 6.92 Å². The van der Waals surface area contributed by atoms with Crippen molar-refractivity contribution in [1.29, 1.82) is 0 Å². The normalized spacial score (nSPS) is 13.3. The summed E-state index contributed by atoms with van der Waals surface area (Å²) in [5.41, 5.74) is 7.85. The highest BCUT2D eigenvalue weighted by atomic mass is 16.2. The number of carbonyl (C=O) groups excluding carboxylic acids is 2. The highest BCUT2D eigenvalue weighted by molar-refractivity contribution is 6.23. The van der Waals surface area contributed by atoms with Gasteiger partial charge in [0, 0.05) is 19.0 Å². The third-order valence-corrected chi connectivity index (χ3v) is 4.65. The van der Waals surface area contributed by atoms with Crippen molar-refractivity contribution >= 4 is 28.7 Å². The van der Waals surface area contributed by atoms with Gasteiger partial charge in [-0.3, -0.25) is 24.3 Å². The van der Waals surface area contributed by atoms with Crippen LogP contribution >= 0.6 is 0 Å². The topological polar surface area (TPSA) is 112 Å². The average molecular weight is 351 g/mol. The third kappa shape index (κ3) is 2.08. The first-order valence-corrected chi connectivity index (χ1v) is 8.37. The van der Waals surface area contributed by atoms with Crippen LogP contribution in [0.1, 0.15) is 40.4 Å². The number of amides is 2. The van der Waals surface area contributed by atoms with Crippen LogP contribution in [-0.4, -0.2) is 25.9 Å². The molecule has 0 bridgehead atoms. The number of aromatic nitrogens is 3. The second-order valence-electron chi connectivity index (χ2n) is 6.07. The molecular weight excluding hydrogens is 334 g/mol. The minimum atomic E-state index is -0.606.